The number of carbonyl (C=O) groups excluding carboxylic acids is 2. The number of nitrogens with zero attached hydrogens (tertiary/aromatic N) is 4. The molecule has 0 fully saturated rings. The number of oxazole rings is 1. The lowest BCUT2D eigenvalue weighted by Gasteiger charge is -2.42. The Hall–Kier alpha value is -3.88. The van der Waals surface area contributed by atoms with Gasteiger partial charge in [-0.05, 0) is 39.0 Å². The first-order valence-electron chi connectivity index (χ1n) is 9.99. The van der Waals surface area contributed by atoms with Crippen molar-refractivity contribution < 1.29 is 14.0 Å². The standard InChI is InChI=1S/C22H24N6O3/c1-13(2)28-14(3)21(30)27(4)18-12-24-19(11-17(18)28)25-16-7-5-6-15(10-16)20(29)26-22-23-8-9-31-22/h5-14H,1-4H3,(H,24,25)(H,23,26,29). The van der Waals surface area contributed by atoms with Gasteiger partial charge in [-0.1, -0.05) is 6.07 Å². The SMILES string of the molecule is CC(C)N1c2cc(Nc3cccc(C(=O)Nc4ncco4)c3)ncc2N(C)C(=O)C1C. The number of nitrogens with one attached hydrogen (secondary N) is 2. The summed E-state index contributed by atoms with van der Waals surface area (Å²) in [6.45, 7) is 6.02. The minimum Gasteiger partial charge on any atom is -0.432 e. The van der Waals surface area contributed by atoms with Gasteiger partial charge in [-0.3, -0.25) is 14.9 Å². The predicted octanol–water partition coefficient (Wildman–Crippen LogP) is 3.65. The number of pyridine rings is 1. The number of benzene rings is 1. The van der Waals surface area contributed by atoms with Crippen molar-refractivity contribution in [2.45, 2.75) is 32.9 Å². The van der Waals surface area contributed by atoms with Crippen molar-refractivity contribution in [1.82, 2.24) is 9.97 Å². The molecule has 0 saturated carbocycles. The Morgan fingerprint density at radius 2 is 2.00 bits per heavy atom. The van der Waals surface area contributed by atoms with Gasteiger partial charge in [0.25, 0.3) is 5.91 Å². The van der Waals surface area contributed by atoms with E-state index in [4.69, 9.17) is 4.42 Å². The molecule has 1 unspecified atom stereocenters. The summed E-state index contributed by atoms with van der Waals surface area (Å²) in [6, 6.07) is 8.99. The first kappa shape index (κ1) is 20.4. The minimum absolute atomic E-state index is 0.0356. The highest BCUT2D eigenvalue weighted by Crippen LogP contribution is 2.38. The summed E-state index contributed by atoms with van der Waals surface area (Å²) in [5.41, 5.74) is 2.85. The second-order valence-corrected chi connectivity index (χ2v) is 7.63. The molecule has 2 N–H and O–H groups in total. The number of amides is 2. The number of hydrogen-bond donors (Lipinski definition) is 2. The lowest BCUT2D eigenvalue weighted by Crippen LogP contribution is -2.53. The number of likely N-dealkylation sites (N-methyl/N-ethyl adjacent to an activating group) is 1. The molecule has 2 aromatic heterocycles. The van der Waals surface area contributed by atoms with Crippen molar-refractivity contribution in [1.29, 1.82) is 0 Å². The molecule has 1 atom stereocenters. The predicted molar refractivity (Wildman–Crippen MR) is 119 cm³/mol. The quantitative estimate of drug-likeness (QED) is 0.649. The third kappa shape index (κ3) is 3.94. The van der Waals surface area contributed by atoms with Crippen molar-refractivity contribution in [2.75, 3.05) is 27.5 Å². The summed E-state index contributed by atoms with van der Waals surface area (Å²) in [4.78, 5) is 37.1. The van der Waals surface area contributed by atoms with Crippen LogP contribution in [0.25, 0.3) is 0 Å². The van der Waals surface area contributed by atoms with Crippen molar-refractivity contribution in [3.05, 3.63) is 54.6 Å². The summed E-state index contributed by atoms with van der Waals surface area (Å²) >= 11 is 0. The van der Waals surface area contributed by atoms with Gasteiger partial charge >= 0.3 is 6.01 Å². The van der Waals surface area contributed by atoms with Gasteiger partial charge < -0.3 is 19.5 Å². The zero-order chi connectivity index (χ0) is 22.1. The second kappa shape index (κ2) is 8.10. The molecule has 9 heteroatoms. The molecule has 0 spiro atoms. The van der Waals surface area contributed by atoms with Gasteiger partial charge in [0, 0.05) is 30.4 Å². The third-order valence-corrected chi connectivity index (χ3v) is 5.21. The second-order valence-electron chi connectivity index (χ2n) is 7.63. The zero-order valence-electron chi connectivity index (χ0n) is 17.8. The van der Waals surface area contributed by atoms with Crippen LogP contribution in [0.1, 0.15) is 31.1 Å². The van der Waals surface area contributed by atoms with Crippen molar-refractivity contribution in [2.24, 2.45) is 0 Å². The molecule has 0 radical (unpaired) electrons. The highest BCUT2D eigenvalue weighted by atomic mass is 16.4. The maximum Gasteiger partial charge on any atom is 0.301 e. The zero-order valence-corrected chi connectivity index (χ0v) is 17.8. The molecular formula is C22H24N6O3. The number of anilines is 5. The van der Waals surface area contributed by atoms with Gasteiger partial charge in [0.2, 0.25) is 5.91 Å². The van der Waals surface area contributed by atoms with Crippen LogP contribution in [0.2, 0.25) is 0 Å². The Bertz CT molecular complexity index is 1110. The fraction of sp³-hybridized carbons (Fsp3) is 0.273. The van der Waals surface area contributed by atoms with Gasteiger partial charge in [-0.2, -0.15) is 0 Å². The molecule has 31 heavy (non-hydrogen) atoms. The van der Waals surface area contributed by atoms with Crippen LogP contribution in [0.4, 0.5) is 28.9 Å². The topological polar surface area (TPSA) is 104 Å². The van der Waals surface area contributed by atoms with Crippen molar-refractivity contribution in [3.8, 4) is 0 Å². The van der Waals surface area contributed by atoms with E-state index in [1.807, 2.05) is 19.1 Å². The van der Waals surface area contributed by atoms with Gasteiger partial charge in [-0.25, -0.2) is 9.97 Å². The molecule has 3 aromatic rings. The number of rotatable bonds is 5. The van der Waals surface area contributed by atoms with Crippen LogP contribution in [0, 0.1) is 0 Å². The van der Waals surface area contributed by atoms with Crippen molar-refractivity contribution in [3.63, 3.8) is 0 Å². The summed E-state index contributed by atoms with van der Waals surface area (Å²) < 4.78 is 5.06. The molecule has 0 aliphatic carbocycles. The first-order valence-corrected chi connectivity index (χ1v) is 9.99. The van der Waals surface area contributed by atoms with Crippen LogP contribution in [-0.4, -0.2) is 40.9 Å². The maximum absolute atomic E-state index is 12.6. The molecular weight excluding hydrogens is 396 g/mol. The van der Waals surface area contributed by atoms with Crippen molar-refractivity contribution >= 4 is 40.7 Å². The number of hydrogen-bond acceptors (Lipinski definition) is 7. The average Bonchev–Trinajstić information content (AvgIpc) is 3.25. The van der Waals surface area contributed by atoms with Gasteiger partial charge in [0.1, 0.15) is 18.1 Å². The first-order chi connectivity index (χ1) is 14.8. The third-order valence-electron chi connectivity index (χ3n) is 5.21. The molecule has 2 amide bonds. The smallest absolute Gasteiger partial charge is 0.301 e. The van der Waals surface area contributed by atoms with Gasteiger partial charge in [0.15, 0.2) is 0 Å². The van der Waals surface area contributed by atoms with E-state index in [-0.39, 0.29) is 29.9 Å². The summed E-state index contributed by atoms with van der Waals surface area (Å²) in [7, 11) is 1.76. The monoisotopic (exact) mass is 420 g/mol. The van der Waals surface area contributed by atoms with Crippen LogP contribution >= 0.6 is 0 Å². The normalized spacial score (nSPS) is 15.8. The van der Waals surface area contributed by atoms with Crippen LogP contribution in [-0.2, 0) is 4.79 Å². The Balaban J connectivity index is 1.59. The Morgan fingerprint density at radius 1 is 1.19 bits per heavy atom. The summed E-state index contributed by atoms with van der Waals surface area (Å²) in [6.07, 6.45) is 4.54. The van der Waals surface area contributed by atoms with E-state index in [2.05, 4.69) is 39.3 Å². The van der Waals surface area contributed by atoms with E-state index >= 15 is 0 Å². The summed E-state index contributed by atoms with van der Waals surface area (Å²) in [5, 5.41) is 5.85. The molecule has 1 aliphatic heterocycles. The minimum atomic E-state index is -0.329. The molecule has 1 aliphatic rings. The Morgan fingerprint density at radius 3 is 2.71 bits per heavy atom. The average molecular weight is 420 g/mol. The maximum atomic E-state index is 12.6. The number of carbonyl (C=O) groups is 2. The van der Waals surface area contributed by atoms with E-state index in [9.17, 15) is 9.59 Å². The van der Waals surface area contributed by atoms with Gasteiger partial charge in [-0.15, -0.1) is 0 Å². The molecule has 160 valence electrons. The fourth-order valence-electron chi connectivity index (χ4n) is 3.76. The fourth-order valence-corrected chi connectivity index (χ4v) is 3.76. The summed E-state index contributed by atoms with van der Waals surface area (Å²) in [5.74, 6) is 0.322. The largest absolute Gasteiger partial charge is 0.432 e. The number of aromatic nitrogens is 2. The van der Waals surface area contributed by atoms with Crippen LogP contribution in [0.15, 0.2) is 53.4 Å². The Labute approximate surface area is 180 Å². The molecule has 9 nitrogen and oxygen atoms in total. The molecule has 4 rings (SSSR count). The molecule has 1 aromatic carbocycles. The molecule has 0 bridgehead atoms. The highest BCUT2D eigenvalue weighted by molar-refractivity contribution is 6.05. The lowest BCUT2D eigenvalue weighted by molar-refractivity contribution is -0.119. The number of fused-ring (bicyclic) bond motifs is 1. The van der Waals surface area contributed by atoms with E-state index in [1.165, 1.54) is 12.5 Å². The lowest BCUT2D eigenvalue weighted by atomic mass is 10.1. The van der Waals surface area contributed by atoms with Crippen LogP contribution in [0.5, 0.6) is 0 Å². The van der Waals surface area contributed by atoms with E-state index in [0.29, 0.717) is 17.1 Å². The Kier molecular flexibility index (Phi) is 5.33. The van der Waals surface area contributed by atoms with Gasteiger partial charge in [0.05, 0.1) is 23.8 Å². The van der Waals surface area contributed by atoms with E-state index in [1.54, 1.807) is 36.3 Å². The highest BCUT2D eigenvalue weighted by Gasteiger charge is 2.35. The van der Waals surface area contributed by atoms with E-state index < -0.39 is 0 Å². The van der Waals surface area contributed by atoms with Crippen LogP contribution in [0.3, 0.4) is 0 Å². The molecule has 0 saturated heterocycles. The van der Waals surface area contributed by atoms with Crippen LogP contribution < -0.4 is 20.4 Å². The van der Waals surface area contributed by atoms with E-state index in [0.717, 1.165) is 11.4 Å². The molecule has 3 heterocycles.